The SMILES string of the molecule is Cc1cccc(-c2noc(N3CCOCC3)c2CN(CC2CC2)C(=O)C2CC2)c1. The minimum absolute atomic E-state index is 0.225. The Kier molecular flexibility index (Phi) is 5.04. The third-order valence-corrected chi connectivity index (χ3v) is 6.12. The lowest BCUT2D eigenvalue weighted by molar-refractivity contribution is -0.133. The third-order valence-electron chi connectivity index (χ3n) is 6.12. The van der Waals surface area contributed by atoms with Crippen LogP contribution in [0.4, 0.5) is 5.88 Å². The molecule has 0 N–H and O–H groups in total. The van der Waals surface area contributed by atoms with Crippen molar-refractivity contribution in [3.63, 3.8) is 0 Å². The molecular formula is C23H29N3O3. The highest BCUT2D eigenvalue weighted by Crippen LogP contribution is 2.38. The number of morpholine rings is 1. The topological polar surface area (TPSA) is 58.8 Å². The normalized spacial score (nSPS) is 19.4. The molecule has 2 aromatic rings. The van der Waals surface area contributed by atoms with Crippen molar-refractivity contribution in [3.05, 3.63) is 35.4 Å². The summed E-state index contributed by atoms with van der Waals surface area (Å²) in [6, 6.07) is 8.35. The highest BCUT2D eigenvalue weighted by molar-refractivity contribution is 5.81. The Morgan fingerprint density at radius 3 is 2.69 bits per heavy atom. The van der Waals surface area contributed by atoms with Crippen LogP contribution in [-0.2, 0) is 16.1 Å². The van der Waals surface area contributed by atoms with Gasteiger partial charge in [-0.15, -0.1) is 0 Å². The van der Waals surface area contributed by atoms with Crippen molar-refractivity contribution in [1.82, 2.24) is 10.1 Å². The fourth-order valence-electron chi connectivity index (χ4n) is 4.10. The second-order valence-corrected chi connectivity index (χ2v) is 8.72. The number of carbonyl (C=O) groups is 1. The molecule has 2 heterocycles. The zero-order chi connectivity index (χ0) is 19.8. The van der Waals surface area contributed by atoms with E-state index in [0.29, 0.717) is 31.6 Å². The van der Waals surface area contributed by atoms with Crippen LogP contribution in [0.2, 0.25) is 0 Å². The number of benzene rings is 1. The molecule has 1 aromatic heterocycles. The number of amides is 1. The van der Waals surface area contributed by atoms with Gasteiger partial charge in [0.05, 0.1) is 25.3 Å². The van der Waals surface area contributed by atoms with Gasteiger partial charge in [-0.05, 0) is 44.6 Å². The van der Waals surface area contributed by atoms with Crippen LogP contribution in [0, 0.1) is 18.8 Å². The first-order chi connectivity index (χ1) is 14.2. The fourth-order valence-corrected chi connectivity index (χ4v) is 4.10. The number of aromatic nitrogens is 1. The van der Waals surface area contributed by atoms with E-state index in [2.05, 4.69) is 46.1 Å². The molecule has 1 saturated heterocycles. The van der Waals surface area contributed by atoms with Crippen molar-refractivity contribution in [2.24, 2.45) is 11.8 Å². The van der Waals surface area contributed by atoms with Crippen LogP contribution >= 0.6 is 0 Å². The van der Waals surface area contributed by atoms with E-state index in [0.717, 1.165) is 55.2 Å². The van der Waals surface area contributed by atoms with Crippen molar-refractivity contribution >= 4 is 11.8 Å². The lowest BCUT2D eigenvalue weighted by Crippen LogP contribution is -2.38. The molecule has 0 unspecified atom stereocenters. The van der Waals surface area contributed by atoms with Gasteiger partial charge in [-0.2, -0.15) is 0 Å². The number of hydrogen-bond acceptors (Lipinski definition) is 5. The summed E-state index contributed by atoms with van der Waals surface area (Å²) in [6.45, 7) is 6.46. The molecule has 1 aromatic carbocycles. The molecule has 3 fully saturated rings. The van der Waals surface area contributed by atoms with Gasteiger partial charge in [0.1, 0.15) is 5.69 Å². The van der Waals surface area contributed by atoms with Crippen LogP contribution in [0.3, 0.4) is 0 Å². The van der Waals surface area contributed by atoms with Crippen LogP contribution in [0.5, 0.6) is 0 Å². The van der Waals surface area contributed by atoms with Crippen LogP contribution in [-0.4, -0.2) is 48.8 Å². The Labute approximate surface area is 171 Å². The standard InChI is InChI=1S/C23H29N3O3/c1-16-3-2-4-19(13-16)21-20(23(29-24-21)25-9-11-28-12-10-25)15-26(14-17-5-6-17)22(27)18-7-8-18/h2-4,13,17-18H,5-12,14-15H2,1H3. The summed E-state index contributed by atoms with van der Waals surface area (Å²) in [5.74, 6) is 1.99. The zero-order valence-electron chi connectivity index (χ0n) is 17.1. The Hall–Kier alpha value is -2.34. The van der Waals surface area contributed by atoms with Gasteiger partial charge in [0.15, 0.2) is 0 Å². The molecular weight excluding hydrogens is 366 g/mol. The number of ether oxygens (including phenoxy) is 1. The van der Waals surface area contributed by atoms with Gasteiger partial charge >= 0.3 is 0 Å². The van der Waals surface area contributed by atoms with E-state index < -0.39 is 0 Å². The van der Waals surface area contributed by atoms with E-state index in [9.17, 15) is 4.79 Å². The minimum atomic E-state index is 0.225. The summed E-state index contributed by atoms with van der Waals surface area (Å²) < 4.78 is 11.4. The lowest BCUT2D eigenvalue weighted by atomic mass is 10.0. The molecule has 1 aliphatic heterocycles. The molecule has 0 bridgehead atoms. The summed E-state index contributed by atoms with van der Waals surface area (Å²) in [7, 11) is 0. The van der Waals surface area contributed by atoms with Crippen LogP contribution in [0.25, 0.3) is 11.3 Å². The Morgan fingerprint density at radius 2 is 2.00 bits per heavy atom. The Bertz CT molecular complexity index is 879. The Balaban J connectivity index is 1.50. The summed E-state index contributed by atoms with van der Waals surface area (Å²) in [6.07, 6.45) is 4.54. The number of carbonyl (C=O) groups excluding carboxylic acids is 1. The van der Waals surface area contributed by atoms with Gasteiger partial charge in [-0.25, -0.2) is 0 Å². The molecule has 154 valence electrons. The van der Waals surface area contributed by atoms with E-state index in [4.69, 9.17) is 9.26 Å². The fraction of sp³-hybridized carbons (Fsp3) is 0.565. The monoisotopic (exact) mass is 395 g/mol. The van der Waals surface area contributed by atoms with Crippen molar-refractivity contribution in [2.75, 3.05) is 37.7 Å². The first-order valence-electron chi connectivity index (χ1n) is 10.9. The van der Waals surface area contributed by atoms with Crippen LogP contribution in [0.15, 0.2) is 28.8 Å². The third kappa shape index (κ3) is 4.17. The molecule has 2 saturated carbocycles. The quantitative estimate of drug-likeness (QED) is 0.716. The average molecular weight is 396 g/mol. The first kappa shape index (κ1) is 18.7. The predicted molar refractivity (Wildman–Crippen MR) is 111 cm³/mol. The van der Waals surface area contributed by atoms with Gasteiger partial charge in [0.25, 0.3) is 0 Å². The van der Waals surface area contributed by atoms with E-state index >= 15 is 0 Å². The molecule has 29 heavy (non-hydrogen) atoms. The second kappa shape index (κ2) is 7.82. The smallest absolute Gasteiger partial charge is 0.233 e. The van der Waals surface area contributed by atoms with Crippen molar-refractivity contribution in [2.45, 2.75) is 39.2 Å². The average Bonchev–Trinajstić information content (AvgIpc) is 3.66. The van der Waals surface area contributed by atoms with E-state index in [1.165, 1.54) is 18.4 Å². The van der Waals surface area contributed by atoms with E-state index in [1.54, 1.807) is 0 Å². The molecule has 2 aliphatic carbocycles. The van der Waals surface area contributed by atoms with Crippen LogP contribution in [0.1, 0.15) is 36.8 Å². The van der Waals surface area contributed by atoms with Crippen molar-refractivity contribution < 1.29 is 14.1 Å². The number of anilines is 1. The largest absolute Gasteiger partial charge is 0.378 e. The minimum Gasteiger partial charge on any atom is -0.378 e. The molecule has 6 heteroatoms. The van der Waals surface area contributed by atoms with E-state index in [-0.39, 0.29) is 5.92 Å². The zero-order valence-corrected chi connectivity index (χ0v) is 17.1. The van der Waals surface area contributed by atoms with Gasteiger partial charge in [-0.1, -0.05) is 28.9 Å². The van der Waals surface area contributed by atoms with Crippen molar-refractivity contribution in [1.29, 1.82) is 0 Å². The van der Waals surface area contributed by atoms with Crippen molar-refractivity contribution in [3.8, 4) is 11.3 Å². The number of aryl methyl sites for hydroxylation is 1. The lowest BCUT2D eigenvalue weighted by Gasteiger charge is -2.28. The summed E-state index contributed by atoms with van der Waals surface area (Å²) >= 11 is 0. The predicted octanol–water partition coefficient (Wildman–Crippen LogP) is 3.64. The maximum absolute atomic E-state index is 13.0. The highest BCUT2D eigenvalue weighted by atomic mass is 16.5. The molecule has 0 spiro atoms. The summed E-state index contributed by atoms with van der Waals surface area (Å²) in [5, 5.41) is 4.47. The van der Waals surface area contributed by atoms with Gasteiger partial charge < -0.3 is 19.1 Å². The first-order valence-corrected chi connectivity index (χ1v) is 10.9. The second-order valence-electron chi connectivity index (χ2n) is 8.72. The molecule has 6 nitrogen and oxygen atoms in total. The molecule has 3 aliphatic rings. The van der Waals surface area contributed by atoms with Gasteiger partial charge in [0.2, 0.25) is 11.8 Å². The maximum Gasteiger partial charge on any atom is 0.233 e. The molecule has 5 rings (SSSR count). The summed E-state index contributed by atoms with van der Waals surface area (Å²) in [4.78, 5) is 17.3. The van der Waals surface area contributed by atoms with Crippen LogP contribution < -0.4 is 4.90 Å². The van der Waals surface area contributed by atoms with E-state index in [1.807, 2.05) is 0 Å². The molecule has 1 amide bonds. The molecule has 0 atom stereocenters. The Morgan fingerprint density at radius 1 is 1.21 bits per heavy atom. The number of nitrogens with zero attached hydrogens (tertiary/aromatic N) is 3. The van der Waals surface area contributed by atoms with Gasteiger partial charge in [0, 0.05) is 31.1 Å². The highest BCUT2D eigenvalue weighted by Gasteiger charge is 2.37. The van der Waals surface area contributed by atoms with Gasteiger partial charge in [-0.3, -0.25) is 4.79 Å². The summed E-state index contributed by atoms with van der Waals surface area (Å²) in [5.41, 5.74) is 4.13. The number of hydrogen-bond donors (Lipinski definition) is 0. The molecule has 0 radical (unpaired) electrons. The maximum atomic E-state index is 13.0. The number of rotatable bonds is 7.